The van der Waals surface area contributed by atoms with E-state index >= 15 is 0 Å². The molecule has 0 spiro atoms. The van der Waals surface area contributed by atoms with E-state index in [1.165, 1.54) is 24.3 Å². The molecule has 2 aromatic rings. The summed E-state index contributed by atoms with van der Waals surface area (Å²) >= 11 is 0. The summed E-state index contributed by atoms with van der Waals surface area (Å²) in [4.78, 5) is 12.1. The number of alkyl halides is 2. The van der Waals surface area contributed by atoms with Gasteiger partial charge in [0.25, 0.3) is 5.91 Å². The quantitative estimate of drug-likeness (QED) is 0.848. The van der Waals surface area contributed by atoms with Gasteiger partial charge in [-0.25, -0.2) is 0 Å². The zero-order chi connectivity index (χ0) is 15.4. The molecule has 1 amide bonds. The van der Waals surface area contributed by atoms with Crippen molar-refractivity contribution in [3.05, 3.63) is 53.6 Å². The molecule has 6 heteroatoms. The second kappa shape index (κ2) is 6.21. The molecule has 0 saturated heterocycles. The van der Waals surface area contributed by atoms with E-state index in [1.807, 2.05) is 0 Å². The third-order valence-electron chi connectivity index (χ3n) is 2.71. The van der Waals surface area contributed by atoms with E-state index in [0.29, 0.717) is 11.3 Å². The number of para-hydroxylation sites is 2. The van der Waals surface area contributed by atoms with Crippen molar-refractivity contribution in [3.63, 3.8) is 0 Å². The molecular formula is C15H14F2N2O2. The summed E-state index contributed by atoms with van der Waals surface area (Å²) in [7, 11) is 0. The Bertz CT molecular complexity index is 640. The number of carbonyl (C=O) groups excluding carboxylic acids is 1. The van der Waals surface area contributed by atoms with Gasteiger partial charge in [0, 0.05) is 11.3 Å². The van der Waals surface area contributed by atoms with Crippen molar-refractivity contribution in [1.29, 1.82) is 0 Å². The predicted octanol–water partition coefficient (Wildman–Crippen LogP) is 3.43. The standard InChI is InChI=1S/C15H14F2N2O2/c1-9-6-10(8-11(18)7-9)14(20)19-12-4-2-3-5-13(12)21-15(16)17/h2-8,15H,18H2,1H3,(H,19,20). The molecule has 110 valence electrons. The Kier molecular flexibility index (Phi) is 4.37. The predicted molar refractivity (Wildman–Crippen MR) is 76.6 cm³/mol. The lowest BCUT2D eigenvalue weighted by Gasteiger charge is -2.12. The van der Waals surface area contributed by atoms with Crippen molar-refractivity contribution < 1.29 is 18.3 Å². The molecular weight excluding hydrogens is 278 g/mol. The fraction of sp³-hybridized carbons (Fsp3) is 0.133. The molecule has 21 heavy (non-hydrogen) atoms. The van der Waals surface area contributed by atoms with Crippen LogP contribution in [0.5, 0.6) is 5.75 Å². The highest BCUT2D eigenvalue weighted by Gasteiger charge is 2.13. The Morgan fingerprint density at radius 3 is 2.62 bits per heavy atom. The van der Waals surface area contributed by atoms with E-state index < -0.39 is 12.5 Å². The molecule has 0 aliphatic carbocycles. The number of hydrogen-bond donors (Lipinski definition) is 2. The van der Waals surface area contributed by atoms with Gasteiger partial charge in [0.15, 0.2) is 0 Å². The summed E-state index contributed by atoms with van der Waals surface area (Å²) in [6, 6.07) is 10.9. The van der Waals surface area contributed by atoms with Crippen LogP contribution in [-0.2, 0) is 0 Å². The average Bonchev–Trinajstić information content (AvgIpc) is 2.39. The number of amides is 1. The maximum Gasteiger partial charge on any atom is 0.387 e. The third-order valence-corrected chi connectivity index (χ3v) is 2.71. The number of carbonyl (C=O) groups is 1. The molecule has 0 aliphatic heterocycles. The Labute approximate surface area is 120 Å². The molecule has 0 atom stereocenters. The summed E-state index contributed by atoms with van der Waals surface area (Å²) in [6.45, 7) is -1.15. The molecule has 0 bridgehead atoms. The third kappa shape index (κ3) is 3.92. The number of rotatable bonds is 4. The van der Waals surface area contributed by atoms with Gasteiger partial charge in [-0.2, -0.15) is 8.78 Å². The molecule has 0 unspecified atom stereocenters. The van der Waals surface area contributed by atoms with E-state index in [9.17, 15) is 13.6 Å². The van der Waals surface area contributed by atoms with E-state index in [4.69, 9.17) is 5.73 Å². The van der Waals surface area contributed by atoms with Crippen molar-refractivity contribution >= 4 is 17.3 Å². The van der Waals surface area contributed by atoms with Gasteiger partial charge < -0.3 is 15.8 Å². The molecule has 4 nitrogen and oxygen atoms in total. The van der Waals surface area contributed by atoms with Crippen LogP contribution in [-0.4, -0.2) is 12.5 Å². The maximum absolute atomic E-state index is 12.3. The molecule has 0 aliphatic rings. The fourth-order valence-electron chi connectivity index (χ4n) is 1.91. The number of benzene rings is 2. The molecule has 3 N–H and O–H groups in total. The number of anilines is 2. The first-order valence-corrected chi connectivity index (χ1v) is 6.18. The highest BCUT2D eigenvalue weighted by molar-refractivity contribution is 6.05. The minimum atomic E-state index is -2.96. The van der Waals surface area contributed by atoms with Crippen molar-refractivity contribution in [2.45, 2.75) is 13.5 Å². The van der Waals surface area contributed by atoms with Crippen LogP contribution < -0.4 is 15.8 Å². The Morgan fingerprint density at radius 2 is 1.95 bits per heavy atom. The Hall–Kier alpha value is -2.63. The molecule has 0 heterocycles. The SMILES string of the molecule is Cc1cc(N)cc(C(=O)Nc2ccccc2OC(F)F)c1. The van der Waals surface area contributed by atoms with Crippen molar-refractivity contribution in [2.75, 3.05) is 11.1 Å². The van der Waals surface area contributed by atoms with Gasteiger partial charge >= 0.3 is 6.61 Å². The molecule has 0 radical (unpaired) electrons. The summed E-state index contributed by atoms with van der Waals surface area (Å²) in [5, 5.41) is 2.53. The van der Waals surface area contributed by atoms with Crippen LogP contribution in [0.2, 0.25) is 0 Å². The molecule has 0 saturated carbocycles. The van der Waals surface area contributed by atoms with Gasteiger partial charge in [-0.15, -0.1) is 0 Å². The number of ether oxygens (including phenoxy) is 1. The first-order chi connectivity index (χ1) is 9.95. The maximum atomic E-state index is 12.3. The lowest BCUT2D eigenvalue weighted by molar-refractivity contribution is -0.0493. The topological polar surface area (TPSA) is 64.4 Å². The van der Waals surface area contributed by atoms with E-state index in [-0.39, 0.29) is 11.4 Å². The van der Waals surface area contributed by atoms with Crippen LogP contribution >= 0.6 is 0 Å². The molecule has 2 rings (SSSR count). The molecule has 0 aromatic heterocycles. The zero-order valence-electron chi connectivity index (χ0n) is 11.3. The van der Waals surface area contributed by atoms with Crippen molar-refractivity contribution in [2.24, 2.45) is 0 Å². The minimum Gasteiger partial charge on any atom is -0.433 e. The first kappa shape index (κ1) is 14.8. The van der Waals surface area contributed by atoms with Crippen molar-refractivity contribution in [3.8, 4) is 5.75 Å². The number of halogens is 2. The summed E-state index contributed by atoms with van der Waals surface area (Å²) in [5.74, 6) is -0.544. The summed E-state index contributed by atoms with van der Waals surface area (Å²) in [5.41, 5.74) is 7.49. The Balaban J connectivity index is 2.23. The second-order valence-corrected chi connectivity index (χ2v) is 4.46. The van der Waals surface area contributed by atoms with Crippen LogP contribution in [0.3, 0.4) is 0 Å². The lowest BCUT2D eigenvalue weighted by Crippen LogP contribution is -2.14. The van der Waals surface area contributed by atoms with Gasteiger partial charge in [-0.05, 0) is 42.8 Å². The van der Waals surface area contributed by atoms with Gasteiger partial charge in [0.05, 0.1) is 5.69 Å². The van der Waals surface area contributed by atoms with Gasteiger partial charge in [0.2, 0.25) is 0 Å². The fourth-order valence-corrected chi connectivity index (χ4v) is 1.91. The molecule has 0 fully saturated rings. The van der Waals surface area contributed by atoms with Gasteiger partial charge in [0.1, 0.15) is 5.75 Å². The lowest BCUT2D eigenvalue weighted by atomic mass is 10.1. The number of nitrogen functional groups attached to an aromatic ring is 1. The molecule has 2 aromatic carbocycles. The summed E-state index contributed by atoms with van der Waals surface area (Å²) < 4.78 is 29.0. The monoisotopic (exact) mass is 292 g/mol. The van der Waals surface area contributed by atoms with E-state index in [2.05, 4.69) is 10.1 Å². The number of hydrogen-bond acceptors (Lipinski definition) is 3. The van der Waals surface area contributed by atoms with Crippen LogP contribution in [0.25, 0.3) is 0 Å². The van der Waals surface area contributed by atoms with Crippen LogP contribution in [0.15, 0.2) is 42.5 Å². The zero-order valence-corrected chi connectivity index (χ0v) is 11.3. The highest BCUT2D eigenvalue weighted by Crippen LogP contribution is 2.26. The minimum absolute atomic E-state index is 0.0959. The van der Waals surface area contributed by atoms with Gasteiger partial charge in [-0.3, -0.25) is 4.79 Å². The van der Waals surface area contributed by atoms with Crippen LogP contribution in [0, 0.1) is 6.92 Å². The second-order valence-electron chi connectivity index (χ2n) is 4.46. The van der Waals surface area contributed by atoms with Crippen LogP contribution in [0.1, 0.15) is 15.9 Å². The normalized spacial score (nSPS) is 10.5. The van der Waals surface area contributed by atoms with Gasteiger partial charge in [-0.1, -0.05) is 12.1 Å². The Morgan fingerprint density at radius 1 is 1.24 bits per heavy atom. The number of aryl methyl sites for hydroxylation is 1. The average molecular weight is 292 g/mol. The number of nitrogens with one attached hydrogen (secondary N) is 1. The first-order valence-electron chi connectivity index (χ1n) is 6.18. The summed E-state index contributed by atoms with van der Waals surface area (Å²) in [6.07, 6.45) is 0. The number of nitrogens with two attached hydrogens (primary N) is 1. The van der Waals surface area contributed by atoms with Crippen molar-refractivity contribution in [1.82, 2.24) is 0 Å². The highest BCUT2D eigenvalue weighted by atomic mass is 19.3. The van der Waals surface area contributed by atoms with E-state index in [0.717, 1.165) is 5.56 Å². The van der Waals surface area contributed by atoms with E-state index in [1.54, 1.807) is 25.1 Å². The largest absolute Gasteiger partial charge is 0.433 e. The smallest absolute Gasteiger partial charge is 0.387 e. The van der Waals surface area contributed by atoms with Crippen LogP contribution in [0.4, 0.5) is 20.2 Å².